The van der Waals surface area contributed by atoms with E-state index in [1.165, 1.54) is 34.4 Å². The van der Waals surface area contributed by atoms with Crippen molar-refractivity contribution < 1.29 is 30.1 Å². The molecule has 1 aliphatic rings. The molecule has 3 aromatic rings. The zero-order chi connectivity index (χ0) is 22.6. The number of benzene rings is 2. The summed E-state index contributed by atoms with van der Waals surface area (Å²) in [5.74, 6) is 1.14. The lowest BCUT2D eigenvalue weighted by Gasteiger charge is -2.22. The standard InChI is InChI=1S/C26H32F3N2.ClH/c1-17-13-20(25(3,4)5)14-18(2)21(17)16-31-23-15-19(26(27,28)29)10-11-22(23)30-12-8-6-7-9-24(30)31;/h10-11,13-15H,6-9,12,16H2,1-5H3;1H/q+1;/p-1. The van der Waals surface area contributed by atoms with Crippen LogP contribution < -0.4 is 17.0 Å². The third kappa shape index (κ3) is 4.54. The molecule has 1 aromatic heterocycles. The highest BCUT2D eigenvalue weighted by Crippen LogP contribution is 2.33. The van der Waals surface area contributed by atoms with E-state index in [4.69, 9.17) is 0 Å². The molecule has 0 aliphatic carbocycles. The molecule has 0 radical (unpaired) electrons. The van der Waals surface area contributed by atoms with Crippen molar-refractivity contribution in [3.8, 4) is 0 Å². The minimum absolute atomic E-state index is 0. The van der Waals surface area contributed by atoms with E-state index in [0.29, 0.717) is 12.1 Å². The van der Waals surface area contributed by atoms with Crippen LogP contribution in [0.5, 0.6) is 0 Å². The lowest BCUT2D eigenvalue weighted by atomic mass is 9.84. The Morgan fingerprint density at radius 2 is 1.56 bits per heavy atom. The van der Waals surface area contributed by atoms with Crippen LogP contribution in [0.4, 0.5) is 13.2 Å². The molecule has 32 heavy (non-hydrogen) atoms. The lowest BCUT2D eigenvalue weighted by molar-refractivity contribution is -0.678. The molecule has 1 aliphatic heterocycles. The second kappa shape index (κ2) is 8.74. The zero-order valence-corrected chi connectivity index (χ0v) is 20.3. The maximum absolute atomic E-state index is 13.5. The largest absolute Gasteiger partial charge is 1.00 e. The molecule has 0 amide bonds. The van der Waals surface area contributed by atoms with Crippen LogP contribution in [0.2, 0.25) is 0 Å². The Morgan fingerprint density at radius 3 is 2.16 bits per heavy atom. The van der Waals surface area contributed by atoms with Gasteiger partial charge in [-0.2, -0.15) is 13.2 Å². The number of fused-ring (bicyclic) bond motifs is 3. The highest BCUT2D eigenvalue weighted by Gasteiger charge is 2.34. The molecule has 2 heterocycles. The molecule has 0 spiro atoms. The summed E-state index contributed by atoms with van der Waals surface area (Å²) in [5.41, 5.74) is 5.97. The van der Waals surface area contributed by atoms with E-state index in [0.717, 1.165) is 43.6 Å². The van der Waals surface area contributed by atoms with Crippen molar-refractivity contribution in [3.63, 3.8) is 0 Å². The number of hydrogen-bond acceptors (Lipinski definition) is 0. The van der Waals surface area contributed by atoms with Gasteiger partial charge in [0, 0.05) is 12.5 Å². The predicted octanol–water partition coefficient (Wildman–Crippen LogP) is 3.64. The van der Waals surface area contributed by atoms with E-state index in [9.17, 15) is 13.2 Å². The first-order valence-corrected chi connectivity index (χ1v) is 11.2. The highest BCUT2D eigenvalue weighted by molar-refractivity contribution is 5.74. The van der Waals surface area contributed by atoms with Gasteiger partial charge in [-0.15, -0.1) is 0 Å². The Labute approximate surface area is 194 Å². The smallest absolute Gasteiger partial charge is 0.416 e. The Balaban J connectivity index is 0.00000289. The molecule has 2 aromatic carbocycles. The summed E-state index contributed by atoms with van der Waals surface area (Å²) in [6.45, 7) is 12.3. The first kappa shape index (κ1) is 24.6. The van der Waals surface area contributed by atoms with Gasteiger partial charge in [-0.05, 0) is 72.9 Å². The van der Waals surface area contributed by atoms with E-state index in [1.807, 2.05) is 0 Å². The Hall–Kier alpha value is -2.01. The summed E-state index contributed by atoms with van der Waals surface area (Å²) >= 11 is 0. The molecule has 0 bridgehead atoms. The van der Waals surface area contributed by atoms with Gasteiger partial charge in [-0.1, -0.05) is 32.9 Å². The fourth-order valence-electron chi connectivity index (χ4n) is 4.83. The summed E-state index contributed by atoms with van der Waals surface area (Å²) in [6, 6.07) is 8.69. The van der Waals surface area contributed by atoms with Crippen LogP contribution in [0.15, 0.2) is 30.3 Å². The van der Waals surface area contributed by atoms with Crippen LogP contribution in [0.25, 0.3) is 11.0 Å². The van der Waals surface area contributed by atoms with Crippen LogP contribution in [0.1, 0.15) is 73.7 Å². The topological polar surface area (TPSA) is 8.81 Å². The van der Waals surface area contributed by atoms with Crippen LogP contribution >= 0.6 is 0 Å². The van der Waals surface area contributed by atoms with Crippen molar-refractivity contribution >= 4 is 11.0 Å². The molecule has 0 N–H and O–H groups in total. The quantitative estimate of drug-likeness (QED) is 0.512. The van der Waals surface area contributed by atoms with E-state index < -0.39 is 11.7 Å². The van der Waals surface area contributed by atoms with Crippen LogP contribution in [0.3, 0.4) is 0 Å². The maximum atomic E-state index is 13.5. The number of halogens is 4. The van der Waals surface area contributed by atoms with Gasteiger partial charge in [-0.25, -0.2) is 9.13 Å². The minimum Gasteiger partial charge on any atom is -1.00 e. The number of rotatable bonds is 2. The van der Waals surface area contributed by atoms with Crippen molar-refractivity contribution in [2.24, 2.45) is 0 Å². The molecule has 2 nitrogen and oxygen atoms in total. The van der Waals surface area contributed by atoms with Crippen molar-refractivity contribution in [2.75, 3.05) is 0 Å². The Morgan fingerprint density at radius 1 is 0.906 bits per heavy atom. The lowest BCUT2D eigenvalue weighted by Crippen LogP contribution is -3.00. The molecule has 0 saturated heterocycles. The molecular weight excluding hydrogens is 433 g/mol. The van der Waals surface area contributed by atoms with Gasteiger partial charge >= 0.3 is 6.18 Å². The number of hydrogen-bond donors (Lipinski definition) is 0. The molecular formula is C26H32ClF3N2. The van der Waals surface area contributed by atoms with E-state index in [-0.39, 0.29) is 17.8 Å². The molecule has 0 atom stereocenters. The fourth-order valence-corrected chi connectivity index (χ4v) is 4.83. The van der Waals surface area contributed by atoms with Gasteiger partial charge in [0.05, 0.1) is 12.1 Å². The third-order valence-corrected chi connectivity index (χ3v) is 6.67. The second-order valence-corrected chi connectivity index (χ2v) is 10.0. The van der Waals surface area contributed by atoms with Gasteiger partial charge in [0.1, 0.15) is 6.54 Å². The molecule has 4 rings (SSSR count). The zero-order valence-electron chi connectivity index (χ0n) is 19.5. The van der Waals surface area contributed by atoms with E-state index in [1.54, 1.807) is 6.07 Å². The number of nitrogens with zero attached hydrogens (tertiary/aromatic N) is 2. The minimum atomic E-state index is -4.34. The van der Waals surface area contributed by atoms with Gasteiger partial charge in [0.15, 0.2) is 11.0 Å². The van der Waals surface area contributed by atoms with Crippen LogP contribution in [-0.2, 0) is 31.1 Å². The Kier molecular flexibility index (Phi) is 6.72. The number of aryl methyl sites for hydroxylation is 3. The van der Waals surface area contributed by atoms with Crippen molar-refractivity contribution in [1.82, 2.24) is 4.57 Å². The van der Waals surface area contributed by atoms with E-state index in [2.05, 4.69) is 55.9 Å². The average molecular weight is 465 g/mol. The number of aromatic nitrogens is 2. The number of imidazole rings is 1. The summed E-state index contributed by atoms with van der Waals surface area (Å²) in [5, 5.41) is 0. The summed E-state index contributed by atoms with van der Waals surface area (Å²) in [4.78, 5) is 0. The van der Waals surface area contributed by atoms with Crippen molar-refractivity contribution in [2.45, 2.75) is 85.0 Å². The van der Waals surface area contributed by atoms with Crippen LogP contribution in [-0.4, -0.2) is 4.57 Å². The molecule has 0 fully saturated rings. The second-order valence-electron chi connectivity index (χ2n) is 10.0. The molecule has 0 saturated carbocycles. The Bertz CT molecular complexity index is 1110. The number of alkyl halides is 3. The van der Waals surface area contributed by atoms with Gasteiger partial charge in [0.2, 0.25) is 0 Å². The first-order chi connectivity index (χ1) is 14.5. The third-order valence-electron chi connectivity index (χ3n) is 6.67. The van der Waals surface area contributed by atoms with Crippen molar-refractivity contribution in [3.05, 3.63) is 64.0 Å². The first-order valence-electron chi connectivity index (χ1n) is 11.2. The molecule has 174 valence electrons. The van der Waals surface area contributed by atoms with Gasteiger partial charge in [0.25, 0.3) is 5.82 Å². The van der Waals surface area contributed by atoms with Crippen LogP contribution in [0, 0.1) is 13.8 Å². The predicted molar refractivity (Wildman–Crippen MR) is 118 cm³/mol. The highest BCUT2D eigenvalue weighted by atomic mass is 35.5. The van der Waals surface area contributed by atoms with Crippen molar-refractivity contribution in [1.29, 1.82) is 0 Å². The maximum Gasteiger partial charge on any atom is 0.416 e. The molecule has 0 unspecified atom stereocenters. The van der Waals surface area contributed by atoms with Gasteiger partial charge < -0.3 is 12.4 Å². The van der Waals surface area contributed by atoms with E-state index >= 15 is 0 Å². The average Bonchev–Trinajstić information content (AvgIpc) is 2.80. The molecule has 6 heteroatoms. The summed E-state index contributed by atoms with van der Waals surface area (Å²) < 4.78 is 44.9. The van der Waals surface area contributed by atoms with Gasteiger partial charge in [-0.3, -0.25) is 0 Å². The SMILES string of the molecule is Cc1cc(C(C)(C)C)cc(C)c1Cn1c2[n+](c3ccc(C(F)(F)F)cc31)CCCCC2.[Cl-]. The summed E-state index contributed by atoms with van der Waals surface area (Å²) in [6.07, 6.45) is -0.151. The summed E-state index contributed by atoms with van der Waals surface area (Å²) in [7, 11) is 0. The fraction of sp³-hybridized carbons (Fsp3) is 0.500. The monoisotopic (exact) mass is 464 g/mol. The normalized spacial score (nSPS) is 14.8.